The molecule has 0 unspecified atom stereocenters. The van der Waals surface area contributed by atoms with Crippen LogP contribution in [0.3, 0.4) is 0 Å². The van der Waals surface area contributed by atoms with Crippen molar-refractivity contribution in [1.82, 2.24) is 19.1 Å². The van der Waals surface area contributed by atoms with Crippen molar-refractivity contribution in [2.75, 3.05) is 39.5 Å². The van der Waals surface area contributed by atoms with Crippen LogP contribution in [0.4, 0.5) is 5.69 Å². The summed E-state index contributed by atoms with van der Waals surface area (Å²) < 4.78 is 15.8. The van der Waals surface area contributed by atoms with Crippen LogP contribution in [0.15, 0.2) is 35.5 Å². The Morgan fingerprint density at radius 1 is 1.14 bits per heavy atom. The Kier molecular flexibility index (Phi) is 6.44. The van der Waals surface area contributed by atoms with E-state index in [2.05, 4.69) is 21.5 Å². The lowest BCUT2D eigenvalue weighted by atomic mass is 9.95. The summed E-state index contributed by atoms with van der Waals surface area (Å²) >= 11 is 0. The molecule has 5 rings (SSSR count). The predicted molar refractivity (Wildman–Crippen MR) is 136 cm³/mol. The minimum atomic E-state index is -0.125. The monoisotopic (exact) mass is 476 g/mol. The van der Waals surface area contributed by atoms with Crippen molar-refractivity contribution in [3.63, 3.8) is 0 Å². The predicted octanol–water partition coefficient (Wildman–Crippen LogP) is 3.27. The lowest BCUT2D eigenvalue weighted by Gasteiger charge is -2.21. The third-order valence-electron chi connectivity index (χ3n) is 6.91. The molecule has 184 valence electrons. The molecule has 1 saturated heterocycles. The number of fused-ring (bicyclic) bond motifs is 2. The highest BCUT2D eigenvalue weighted by Gasteiger charge is 2.30. The number of rotatable bonds is 8. The number of aromatic nitrogens is 3. The second kappa shape index (κ2) is 9.67. The maximum atomic E-state index is 9.26. The lowest BCUT2D eigenvalue weighted by Crippen LogP contribution is -2.25. The van der Waals surface area contributed by atoms with Crippen molar-refractivity contribution >= 4 is 28.4 Å². The quantitative estimate of drug-likeness (QED) is 0.520. The number of likely N-dealkylation sites (tertiary alicyclic amines) is 1. The van der Waals surface area contributed by atoms with Gasteiger partial charge in [-0.2, -0.15) is 0 Å². The van der Waals surface area contributed by atoms with Gasteiger partial charge >= 0.3 is 0 Å². The number of aliphatic hydroxyl groups excluding tert-OH is 1. The fraction of sp³-hybridized carbons (Fsp3) is 0.423. The molecule has 9 heteroatoms. The van der Waals surface area contributed by atoms with Gasteiger partial charge in [0.2, 0.25) is 0 Å². The molecule has 0 bridgehead atoms. The van der Waals surface area contributed by atoms with Gasteiger partial charge in [0.25, 0.3) is 5.88 Å². The summed E-state index contributed by atoms with van der Waals surface area (Å²) in [6.45, 7) is 7.80. The summed E-state index contributed by atoms with van der Waals surface area (Å²) in [6, 6.07) is 5.70. The molecule has 2 N–H and O–H groups in total. The van der Waals surface area contributed by atoms with E-state index in [0.717, 1.165) is 53.4 Å². The number of nitrogens with one attached hydrogen (secondary N) is 1. The van der Waals surface area contributed by atoms with Crippen molar-refractivity contribution in [3.8, 4) is 5.88 Å². The van der Waals surface area contributed by atoms with Crippen LogP contribution < -0.4 is 4.74 Å². The molecule has 0 spiro atoms. The number of nitrogens with zero attached hydrogens (tertiary/aromatic N) is 5. The number of aliphatic hydroxyl groups is 1. The maximum Gasteiger partial charge on any atom is 0.260 e. The molecule has 0 radical (unpaired) electrons. The molecule has 35 heavy (non-hydrogen) atoms. The highest BCUT2D eigenvalue weighted by Crippen LogP contribution is 2.36. The van der Waals surface area contributed by atoms with E-state index in [4.69, 9.17) is 19.9 Å². The van der Waals surface area contributed by atoms with E-state index in [1.165, 1.54) is 12.8 Å². The van der Waals surface area contributed by atoms with Crippen molar-refractivity contribution in [3.05, 3.63) is 53.0 Å². The average Bonchev–Trinajstić information content (AvgIpc) is 3.55. The molecule has 3 aromatic rings. The molecule has 0 atom stereocenters. The molecule has 3 aromatic heterocycles. The van der Waals surface area contributed by atoms with Crippen LogP contribution in [0.5, 0.6) is 5.88 Å². The summed E-state index contributed by atoms with van der Waals surface area (Å²) in [5.41, 5.74) is 6.03. The molecular weight excluding hydrogens is 444 g/mol. The van der Waals surface area contributed by atoms with Gasteiger partial charge < -0.3 is 19.1 Å². The number of aliphatic imine (C=N–C) groups is 1. The summed E-state index contributed by atoms with van der Waals surface area (Å²) in [7, 11) is 2.01. The van der Waals surface area contributed by atoms with Gasteiger partial charge in [-0.3, -0.25) is 10.3 Å². The third-order valence-corrected chi connectivity index (χ3v) is 6.91. The number of pyridine rings is 1. The number of hydrogen-bond donors (Lipinski definition) is 2. The van der Waals surface area contributed by atoms with Crippen LogP contribution >= 0.6 is 0 Å². The standard InChI is InChI=1S/C26H32N6O3/c1-17-18(2)30(3)25-21(34-14-12-31-9-6-7-10-31)16-19(23(27)22(17)25)28-24-20-8-4-5-11-32(20)29-26(24)35-15-13-33/h4-5,8,11,16,27,33H,6-7,9-10,12-15H2,1-3H3/b27-23?,28-19+. The van der Waals surface area contributed by atoms with E-state index in [-0.39, 0.29) is 13.2 Å². The Labute approximate surface area is 204 Å². The third kappa shape index (κ3) is 4.26. The molecule has 1 fully saturated rings. The minimum absolute atomic E-state index is 0.112. The van der Waals surface area contributed by atoms with Gasteiger partial charge in [0.15, 0.2) is 5.69 Å². The van der Waals surface area contributed by atoms with Crippen LogP contribution in [0, 0.1) is 19.3 Å². The smallest absolute Gasteiger partial charge is 0.260 e. The van der Waals surface area contributed by atoms with Crippen molar-refractivity contribution < 1.29 is 14.6 Å². The maximum absolute atomic E-state index is 9.26. The van der Waals surface area contributed by atoms with E-state index < -0.39 is 0 Å². The summed E-state index contributed by atoms with van der Waals surface area (Å²) in [5, 5.41) is 22.8. The first-order valence-corrected chi connectivity index (χ1v) is 12.1. The van der Waals surface area contributed by atoms with E-state index >= 15 is 0 Å². The fourth-order valence-corrected chi connectivity index (χ4v) is 4.85. The Morgan fingerprint density at radius 3 is 2.71 bits per heavy atom. The van der Waals surface area contributed by atoms with Crippen LogP contribution in [-0.4, -0.2) is 75.1 Å². The molecule has 0 saturated carbocycles. The van der Waals surface area contributed by atoms with Gasteiger partial charge in [0, 0.05) is 37.1 Å². The molecule has 4 heterocycles. The first kappa shape index (κ1) is 23.3. The molecule has 1 aliphatic carbocycles. The average molecular weight is 477 g/mol. The van der Waals surface area contributed by atoms with E-state index in [1.54, 1.807) is 4.52 Å². The number of allylic oxidation sites excluding steroid dienone is 1. The second-order valence-corrected chi connectivity index (χ2v) is 9.03. The van der Waals surface area contributed by atoms with Crippen molar-refractivity contribution in [2.24, 2.45) is 12.0 Å². The van der Waals surface area contributed by atoms with Crippen molar-refractivity contribution in [1.29, 1.82) is 5.41 Å². The topological polar surface area (TPSA) is 100 Å². The summed E-state index contributed by atoms with van der Waals surface area (Å²) in [4.78, 5) is 7.30. The molecule has 0 amide bonds. The number of ether oxygens (including phenoxy) is 2. The van der Waals surface area contributed by atoms with Crippen LogP contribution in [-0.2, 0) is 11.8 Å². The Hall–Kier alpha value is -3.43. The van der Waals surface area contributed by atoms with Gasteiger partial charge in [0.1, 0.15) is 19.0 Å². The van der Waals surface area contributed by atoms with Gasteiger partial charge in [-0.05, 0) is 57.5 Å². The zero-order chi connectivity index (χ0) is 24.5. The minimum Gasteiger partial charge on any atom is -0.490 e. The van der Waals surface area contributed by atoms with Crippen LogP contribution in [0.25, 0.3) is 11.3 Å². The zero-order valence-corrected chi connectivity index (χ0v) is 20.5. The Bertz CT molecular complexity index is 1330. The first-order valence-electron chi connectivity index (χ1n) is 12.1. The highest BCUT2D eigenvalue weighted by atomic mass is 16.5. The van der Waals surface area contributed by atoms with Crippen LogP contribution in [0.1, 0.15) is 35.4 Å². The zero-order valence-electron chi connectivity index (χ0n) is 20.5. The Morgan fingerprint density at radius 2 is 1.94 bits per heavy atom. The molecule has 0 aromatic carbocycles. The molecular formula is C26H32N6O3. The van der Waals surface area contributed by atoms with E-state index in [0.29, 0.717) is 29.6 Å². The van der Waals surface area contributed by atoms with E-state index in [1.807, 2.05) is 44.4 Å². The molecule has 1 aliphatic heterocycles. The lowest BCUT2D eigenvalue weighted by molar-refractivity contribution is 0.197. The second-order valence-electron chi connectivity index (χ2n) is 9.03. The van der Waals surface area contributed by atoms with Gasteiger partial charge in [-0.25, -0.2) is 9.51 Å². The largest absolute Gasteiger partial charge is 0.490 e. The van der Waals surface area contributed by atoms with Gasteiger partial charge in [-0.1, -0.05) is 6.07 Å². The fourth-order valence-electron chi connectivity index (χ4n) is 4.85. The van der Waals surface area contributed by atoms with Crippen molar-refractivity contribution in [2.45, 2.75) is 26.7 Å². The molecule has 2 aliphatic rings. The summed E-state index contributed by atoms with van der Waals surface area (Å²) in [5.74, 6) is 1.05. The van der Waals surface area contributed by atoms with Gasteiger partial charge in [0.05, 0.1) is 29.2 Å². The van der Waals surface area contributed by atoms with Gasteiger partial charge in [-0.15, -0.1) is 5.10 Å². The SMILES string of the molecule is Cc1c2c(n(C)c1C)C(OCCN1CCCC1)=C/C(=N\c1c(OCCO)nn3ccccc13)C2=N. The molecule has 9 nitrogen and oxygen atoms in total. The summed E-state index contributed by atoms with van der Waals surface area (Å²) in [6.07, 6.45) is 6.17. The first-order chi connectivity index (χ1) is 17.0. The van der Waals surface area contributed by atoms with Crippen LogP contribution in [0.2, 0.25) is 0 Å². The highest BCUT2D eigenvalue weighted by molar-refractivity contribution is 6.54. The van der Waals surface area contributed by atoms with E-state index in [9.17, 15) is 5.11 Å². The normalized spacial score (nSPS) is 17.3. The number of hydrogen-bond acceptors (Lipinski definition) is 7. The Balaban J connectivity index is 1.57.